The molecule has 3 aliphatic rings. The van der Waals surface area contributed by atoms with Gasteiger partial charge in [0.05, 0.1) is 18.2 Å². The quantitative estimate of drug-likeness (QED) is 0.854. The van der Waals surface area contributed by atoms with Crippen LogP contribution >= 0.6 is 0 Å². The van der Waals surface area contributed by atoms with E-state index in [-0.39, 0.29) is 48.1 Å². The van der Waals surface area contributed by atoms with Crippen LogP contribution in [0.15, 0.2) is 0 Å². The minimum atomic E-state index is -0.350. The number of ether oxygens (including phenoxy) is 1. The highest BCUT2D eigenvalue weighted by Gasteiger charge is 2.51. The topological polar surface area (TPSA) is 58.6 Å². The van der Waals surface area contributed by atoms with Gasteiger partial charge in [-0.2, -0.15) is 0 Å². The highest BCUT2D eigenvalue weighted by Crippen LogP contribution is 2.39. The average molecular weight is 294 g/mol. The molecule has 3 rings (SSSR count). The van der Waals surface area contributed by atoms with E-state index in [0.29, 0.717) is 6.42 Å². The maximum Gasteiger partial charge on any atom is 0.246 e. The third-order valence-electron chi connectivity index (χ3n) is 5.08. The molecule has 2 amide bonds. The summed E-state index contributed by atoms with van der Waals surface area (Å²) in [5.74, 6) is 0.220. The highest BCUT2D eigenvalue weighted by atomic mass is 16.5. The number of carbonyl (C=O) groups excluding carboxylic acids is 2. The van der Waals surface area contributed by atoms with Crippen LogP contribution < -0.4 is 5.32 Å². The summed E-state index contributed by atoms with van der Waals surface area (Å²) in [6.45, 7) is 6.07. The van der Waals surface area contributed by atoms with Crippen LogP contribution in [-0.2, 0) is 14.3 Å². The maximum absolute atomic E-state index is 12.9. The fourth-order valence-electron chi connectivity index (χ4n) is 4.14. The molecular formula is C16H26N2O3. The van der Waals surface area contributed by atoms with E-state index in [0.717, 1.165) is 25.7 Å². The number of nitrogens with zero attached hydrogens (tertiary/aromatic N) is 1. The summed E-state index contributed by atoms with van der Waals surface area (Å²) < 4.78 is 5.92. The first kappa shape index (κ1) is 14.8. The van der Waals surface area contributed by atoms with Crippen LogP contribution in [-0.4, -0.2) is 47.0 Å². The Bertz CT molecular complexity index is 437. The molecule has 118 valence electrons. The van der Waals surface area contributed by atoms with Crippen molar-refractivity contribution < 1.29 is 14.3 Å². The Morgan fingerprint density at radius 1 is 1.33 bits per heavy atom. The van der Waals surface area contributed by atoms with Gasteiger partial charge in [0.2, 0.25) is 11.8 Å². The number of nitrogens with one attached hydrogen (secondary N) is 1. The molecule has 2 bridgehead atoms. The molecule has 3 saturated heterocycles. The predicted octanol–water partition coefficient (Wildman–Crippen LogP) is 1.46. The van der Waals surface area contributed by atoms with Crippen LogP contribution in [0.4, 0.5) is 0 Å². The summed E-state index contributed by atoms with van der Waals surface area (Å²) in [5.41, 5.74) is 0. The van der Waals surface area contributed by atoms with Gasteiger partial charge in [0.1, 0.15) is 12.1 Å². The normalized spacial score (nSPS) is 39.2. The van der Waals surface area contributed by atoms with Gasteiger partial charge in [-0.1, -0.05) is 27.2 Å². The van der Waals surface area contributed by atoms with Gasteiger partial charge in [-0.05, 0) is 31.6 Å². The number of fused-ring (bicyclic) bond motifs is 2. The van der Waals surface area contributed by atoms with Crippen LogP contribution in [0.3, 0.4) is 0 Å². The lowest BCUT2D eigenvalue weighted by atomic mass is 9.88. The zero-order chi connectivity index (χ0) is 15.1. The molecule has 21 heavy (non-hydrogen) atoms. The minimum absolute atomic E-state index is 0.00539. The predicted molar refractivity (Wildman–Crippen MR) is 78.6 cm³/mol. The monoisotopic (exact) mass is 294 g/mol. The first-order valence-electron chi connectivity index (χ1n) is 8.31. The average Bonchev–Trinajstić information content (AvgIpc) is 3.04. The van der Waals surface area contributed by atoms with Gasteiger partial charge in [-0.15, -0.1) is 0 Å². The Labute approximate surface area is 126 Å². The Morgan fingerprint density at radius 2 is 2.10 bits per heavy atom. The van der Waals surface area contributed by atoms with Gasteiger partial charge in [-0.25, -0.2) is 0 Å². The zero-order valence-electron chi connectivity index (χ0n) is 13.2. The second kappa shape index (κ2) is 5.59. The molecule has 0 spiro atoms. The van der Waals surface area contributed by atoms with Crippen LogP contribution in [0.5, 0.6) is 0 Å². The van der Waals surface area contributed by atoms with Crippen molar-refractivity contribution in [2.45, 2.75) is 83.2 Å². The Kier molecular flexibility index (Phi) is 3.95. The summed E-state index contributed by atoms with van der Waals surface area (Å²) in [4.78, 5) is 27.3. The third-order valence-corrected chi connectivity index (χ3v) is 5.08. The van der Waals surface area contributed by atoms with Crippen molar-refractivity contribution in [1.29, 1.82) is 0 Å². The van der Waals surface area contributed by atoms with Crippen LogP contribution in [0.1, 0.15) is 52.9 Å². The Hall–Kier alpha value is -1.10. The van der Waals surface area contributed by atoms with Gasteiger partial charge in [-0.3, -0.25) is 9.59 Å². The molecule has 1 N–H and O–H groups in total. The van der Waals surface area contributed by atoms with E-state index < -0.39 is 0 Å². The first-order valence-corrected chi connectivity index (χ1v) is 8.31. The second-order valence-electron chi connectivity index (χ2n) is 6.96. The molecule has 5 unspecified atom stereocenters. The van der Waals surface area contributed by atoms with E-state index >= 15 is 0 Å². The molecular weight excluding hydrogens is 268 g/mol. The number of amides is 2. The van der Waals surface area contributed by atoms with Crippen LogP contribution in [0.2, 0.25) is 0 Å². The zero-order valence-corrected chi connectivity index (χ0v) is 13.2. The van der Waals surface area contributed by atoms with Gasteiger partial charge in [0, 0.05) is 0 Å². The molecule has 0 aromatic heterocycles. The van der Waals surface area contributed by atoms with E-state index in [4.69, 9.17) is 4.74 Å². The van der Waals surface area contributed by atoms with Crippen molar-refractivity contribution in [2.24, 2.45) is 5.92 Å². The number of piperazine rings is 1. The summed E-state index contributed by atoms with van der Waals surface area (Å²) >= 11 is 0. The number of hydrogen-bond acceptors (Lipinski definition) is 3. The lowest BCUT2D eigenvalue weighted by molar-refractivity contribution is -0.155. The standard InChI is InChI=1S/C16H26N2O3/c1-4-5-11-16(20)18(14(9(2)3)15(19)17-11)12-8-10-6-7-13(12)21-10/h9-14H,4-8H2,1-3H3,(H,17,19). The molecule has 0 aliphatic carbocycles. The van der Waals surface area contributed by atoms with E-state index in [9.17, 15) is 9.59 Å². The van der Waals surface area contributed by atoms with Gasteiger partial charge < -0.3 is 15.0 Å². The van der Waals surface area contributed by atoms with E-state index in [1.54, 1.807) is 0 Å². The van der Waals surface area contributed by atoms with Gasteiger partial charge >= 0.3 is 0 Å². The number of hydrogen-bond donors (Lipinski definition) is 1. The van der Waals surface area contributed by atoms with Crippen molar-refractivity contribution in [3.05, 3.63) is 0 Å². The van der Waals surface area contributed by atoms with Crippen molar-refractivity contribution in [2.75, 3.05) is 0 Å². The van der Waals surface area contributed by atoms with E-state index in [1.807, 2.05) is 25.7 Å². The highest BCUT2D eigenvalue weighted by molar-refractivity contribution is 5.97. The third kappa shape index (κ3) is 2.45. The summed E-state index contributed by atoms with van der Waals surface area (Å²) in [7, 11) is 0. The SMILES string of the molecule is CCCC1NC(=O)C(C(C)C)N(C2CC3CCC2O3)C1=O. The lowest BCUT2D eigenvalue weighted by Crippen LogP contribution is -2.68. The second-order valence-corrected chi connectivity index (χ2v) is 6.96. The van der Waals surface area contributed by atoms with Crippen LogP contribution in [0.25, 0.3) is 0 Å². The molecule has 5 nitrogen and oxygen atoms in total. The smallest absolute Gasteiger partial charge is 0.246 e. The first-order chi connectivity index (χ1) is 10.0. The molecule has 0 aromatic carbocycles. The van der Waals surface area contributed by atoms with Gasteiger partial charge in [0.25, 0.3) is 0 Å². The Morgan fingerprint density at radius 3 is 2.62 bits per heavy atom. The molecule has 5 atom stereocenters. The van der Waals surface area contributed by atoms with E-state index in [1.165, 1.54) is 0 Å². The van der Waals surface area contributed by atoms with Gasteiger partial charge in [0.15, 0.2) is 0 Å². The largest absolute Gasteiger partial charge is 0.373 e. The van der Waals surface area contributed by atoms with Crippen LogP contribution in [0, 0.1) is 5.92 Å². The fraction of sp³-hybridized carbons (Fsp3) is 0.875. The summed E-state index contributed by atoms with van der Waals surface area (Å²) in [5, 5.41) is 2.93. The number of carbonyl (C=O) groups is 2. The minimum Gasteiger partial charge on any atom is -0.373 e. The molecule has 0 saturated carbocycles. The summed E-state index contributed by atoms with van der Waals surface area (Å²) in [6, 6.07) is -0.607. The molecule has 3 fully saturated rings. The molecule has 5 heteroatoms. The molecule has 0 radical (unpaired) electrons. The number of rotatable bonds is 4. The Balaban J connectivity index is 1.87. The maximum atomic E-state index is 12.9. The lowest BCUT2D eigenvalue weighted by Gasteiger charge is -2.45. The van der Waals surface area contributed by atoms with E-state index in [2.05, 4.69) is 5.32 Å². The van der Waals surface area contributed by atoms with Crippen molar-refractivity contribution in [3.63, 3.8) is 0 Å². The fourth-order valence-corrected chi connectivity index (χ4v) is 4.14. The summed E-state index contributed by atoms with van der Waals surface area (Å²) in [6.07, 6.45) is 5.04. The molecule has 0 aromatic rings. The van der Waals surface area contributed by atoms with Crippen molar-refractivity contribution in [3.8, 4) is 0 Å². The van der Waals surface area contributed by atoms with Crippen molar-refractivity contribution in [1.82, 2.24) is 10.2 Å². The molecule has 3 aliphatic heterocycles. The van der Waals surface area contributed by atoms with Crippen molar-refractivity contribution >= 4 is 11.8 Å². The molecule has 3 heterocycles.